The molecule has 3 nitrogen and oxygen atoms in total. The zero-order chi connectivity index (χ0) is 20.9. The number of allylic oxidation sites excluding steroid dienone is 3. The minimum atomic E-state index is 0.138. The number of hydrogen-bond acceptors (Lipinski definition) is 3. The average molecular weight is 391 g/mol. The summed E-state index contributed by atoms with van der Waals surface area (Å²) in [4.78, 5) is 15.4. The summed E-state index contributed by atoms with van der Waals surface area (Å²) < 4.78 is 0. The van der Waals surface area contributed by atoms with Crippen molar-refractivity contribution >= 4 is 12.0 Å². The van der Waals surface area contributed by atoms with E-state index in [0.717, 1.165) is 19.3 Å². The van der Waals surface area contributed by atoms with Crippen LogP contribution in [0.5, 0.6) is 0 Å². The molecule has 0 aromatic rings. The van der Waals surface area contributed by atoms with Gasteiger partial charge in [0.2, 0.25) is 0 Å². The Balaban J connectivity index is 3.35. The minimum absolute atomic E-state index is 0.138. The average Bonchev–Trinajstić information content (AvgIpc) is 2.67. The molecule has 0 bridgehead atoms. The highest BCUT2D eigenvalue weighted by atomic mass is 16.1. The molecule has 0 heterocycles. The first-order valence-corrected chi connectivity index (χ1v) is 11.6. The first kappa shape index (κ1) is 26.8. The maximum atomic E-state index is 11.4. The summed E-state index contributed by atoms with van der Waals surface area (Å²) in [6, 6.07) is 0.138. The van der Waals surface area contributed by atoms with E-state index in [1.165, 1.54) is 82.6 Å². The lowest BCUT2D eigenvalue weighted by atomic mass is 10.00. The van der Waals surface area contributed by atoms with Crippen molar-refractivity contribution in [1.82, 2.24) is 0 Å². The van der Waals surface area contributed by atoms with Crippen LogP contribution in [0.1, 0.15) is 110 Å². The molecular weight excluding hydrogens is 344 g/mol. The fraction of sp³-hybridized carbons (Fsp3) is 0.760. The number of nitrogens with two attached hydrogens (primary N) is 1. The third kappa shape index (κ3) is 18.2. The Bertz CT molecular complexity index is 449. The number of nitrogens with zero attached hydrogens (tertiary/aromatic N) is 1. The standard InChI is InChI=1S/C25H46N2O/c1-4-18-25(28)20-17-15-13-11-9-7-5-6-8-10-12-14-16-19-24(23(2)26)21-22-27-3/h4,18,21-23H,5-17,19-20,26H2,1-3H3/b18-4+,24-21+,27-22?. The summed E-state index contributed by atoms with van der Waals surface area (Å²) in [5, 5.41) is 0. The molecule has 0 saturated carbocycles. The van der Waals surface area contributed by atoms with Gasteiger partial charge in [-0.15, -0.1) is 0 Å². The van der Waals surface area contributed by atoms with Gasteiger partial charge in [0.1, 0.15) is 0 Å². The van der Waals surface area contributed by atoms with Crippen LogP contribution < -0.4 is 5.73 Å². The number of ketones is 1. The van der Waals surface area contributed by atoms with E-state index in [4.69, 9.17) is 5.73 Å². The summed E-state index contributed by atoms with van der Waals surface area (Å²) in [6.45, 7) is 3.96. The zero-order valence-corrected chi connectivity index (χ0v) is 18.9. The highest BCUT2D eigenvalue weighted by molar-refractivity contribution is 5.89. The van der Waals surface area contributed by atoms with E-state index >= 15 is 0 Å². The van der Waals surface area contributed by atoms with Gasteiger partial charge in [-0.2, -0.15) is 0 Å². The molecule has 0 radical (unpaired) electrons. The summed E-state index contributed by atoms with van der Waals surface area (Å²) >= 11 is 0. The molecule has 1 unspecified atom stereocenters. The van der Waals surface area contributed by atoms with Gasteiger partial charge in [0.25, 0.3) is 0 Å². The van der Waals surface area contributed by atoms with Gasteiger partial charge < -0.3 is 5.73 Å². The lowest BCUT2D eigenvalue weighted by Crippen LogP contribution is -2.18. The molecule has 1 atom stereocenters. The summed E-state index contributed by atoms with van der Waals surface area (Å²) in [7, 11) is 1.80. The maximum Gasteiger partial charge on any atom is 0.155 e. The Kier molecular flexibility index (Phi) is 19.6. The van der Waals surface area contributed by atoms with E-state index in [9.17, 15) is 4.79 Å². The third-order valence-electron chi connectivity index (χ3n) is 5.26. The zero-order valence-electron chi connectivity index (χ0n) is 18.9. The highest BCUT2D eigenvalue weighted by Gasteiger charge is 2.02. The molecule has 0 rings (SSSR count). The Morgan fingerprint density at radius 1 is 0.821 bits per heavy atom. The number of carbonyl (C=O) groups is 1. The highest BCUT2D eigenvalue weighted by Crippen LogP contribution is 2.15. The maximum absolute atomic E-state index is 11.4. The monoisotopic (exact) mass is 390 g/mol. The number of unbranched alkanes of at least 4 members (excludes halogenated alkanes) is 12. The van der Waals surface area contributed by atoms with Crippen molar-refractivity contribution in [2.75, 3.05) is 7.05 Å². The lowest BCUT2D eigenvalue weighted by molar-refractivity contribution is -0.114. The number of aliphatic imine (C=N–C) groups is 1. The van der Waals surface area contributed by atoms with Crippen molar-refractivity contribution in [1.29, 1.82) is 0 Å². The number of hydrogen-bond donors (Lipinski definition) is 1. The van der Waals surface area contributed by atoms with E-state index in [0.29, 0.717) is 0 Å². The molecule has 3 heteroatoms. The topological polar surface area (TPSA) is 55.5 Å². The van der Waals surface area contributed by atoms with Crippen LogP contribution >= 0.6 is 0 Å². The fourth-order valence-corrected chi connectivity index (χ4v) is 3.48. The Labute approximate surface area is 175 Å². The normalized spacial score (nSPS) is 13.6. The molecule has 0 fully saturated rings. The van der Waals surface area contributed by atoms with E-state index in [1.807, 2.05) is 19.2 Å². The third-order valence-corrected chi connectivity index (χ3v) is 5.26. The van der Waals surface area contributed by atoms with Crippen LogP contribution in [-0.2, 0) is 4.79 Å². The summed E-state index contributed by atoms with van der Waals surface area (Å²) in [5.74, 6) is 0.277. The van der Waals surface area contributed by atoms with Gasteiger partial charge in [-0.1, -0.05) is 82.3 Å². The summed E-state index contributed by atoms with van der Waals surface area (Å²) in [5.41, 5.74) is 7.32. The number of carbonyl (C=O) groups excluding carboxylic acids is 1. The van der Waals surface area contributed by atoms with Crippen LogP contribution in [0.25, 0.3) is 0 Å². The van der Waals surface area contributed by atoms with Crippen molar-refractivity contribution in [2.45, 2.75) is 116 Å². The Morgan fingerprint density at radius 3 is 1.64 bits per heavy atom. The van der Waals surface area contributed by atoms with E-state index in [-0.39, 0.29) is 11.8 Å². The van der Waals surface area contributed by atoms with Crippen molar-refractivity contribution < 1.29 is 4.79 Å². The molecule has 2 N–H and O–H groups in total. The van der Waals surface area contributed by atoms with Gasteiger partial charge in [-0.25, -0.2) is 0 Å². The van der Waals surface area contributed by atoms with Crippen LogP contribution in [0.4, 0.5) is 0 Å². The van der Waals surface area contributed by atoms with Crippen LogP contribution in [0.2, 0.25) is 0 Å². The lowest BCUT2D eigenvalue weighted by Gasteiger charge is -2.10. The molecule has 0 aliphatic heterocycles. The Hall–Kier alpha value is -1.22. The first-order chi connectivity index (χ1) is 13.6. The van der Waals surface area contributed by atoms with E-state index < -0.39 is 0 Å². The summed E-state index contributed by atoms with van der Waals surface area (Å²) in [6.07, 6.45) is 26.3. The van der Waals surface area contributed by atoms with Crippen LogP contribution in [0.3, 0.4) is 0 Å². The van der Waals surface area contributed by atoms with Crippen molar-refractivity contribution in [3.8, 4) is 0 Å². The van der Waals surface area contributed by atoms with E-state index in [2.05, 4.69) is 18.0 Å². The molecule has 0 saturated heterocycles. The SMILES string of the molecule is C/C=C/C(=O)CCCCCCCCCCCCCCC/C(=C\C=NC)C(C)N. The molecule has 0 aliphatic carbocycles. The number of rotatable bonds is 19. The van der Waals surface area contributed by atoms with Crippen LogP contribution in [0, 0.1) is 0 Å². The minimum Gasteiger partial charge on any atom is -0.324 e. The molecule has 0 amide bonds. The molecule has 0 aliphatic rings. The second-order valence-electron chi connectivity index (χ2n) is 8.00. The van der Waals surface area contributed by atoms with Crippen LogP contribution in [0.15, 0.2) is 28.8 Å². The van der Waals surface area contributed by atoms with Gasteiger partial charge in [-0.3, -0.25) is 9.79 Å². The quantitative estimate of drug-likeness (QED) is 0.147. The van der Waals surface area contributed by atoms with Gasteiger partial charge in [0.15, 0.2) is 5.78 Å². The predicted molar refractivity (Wildman–Crippen MR) is 125 cm³/mol. The fourth-order valence-electron chi connectivity index (χ4n) is 3.48. The molecular formula is C25H46N2O. The second-order valence-corrected chi connectivity index (χ2v) is 8.00. The van der Waals surface area contributed by atoms with E-state index in [1.54, 1.807) is 13.1 Å². The molecule has 28 heavy (non-hydrogen) atoms. The van der Waals surface area contributed by atoms with Crippen molar-refractivity contribution in [3.63, 3.8) is 0 Å². The van der Waals surface area contributed by atoms with Gasteiger partial charge in [0.05, 0.1) is 0 Å². The molecule has 0 spiro atoms. The van der Waals surface area contributed by atoms with Crippen molar-refractivity contribution in [2.24, 2.45) is 10.7 Å². The Morgan fingerprint density at radius 2 is 1.25 bits per heavy atom. The molecule has 162 valence electrons. The largest absolute Gasteiger partial charge is 0.324 e. The molecule has 0 aromatic carbocycles. The first-order valence-electron chi connectivity index (χ1n) is 11.6. The van der Waals surface area contributed by atoms with Gasteiger partial charge >= 0.3 is 0 Å². The van der Waals surface area contributed by atoms with Crippen molar-refractivity contribution in [3.05, 3.63) is 23.8 Å². The molecule has 0 aromatic heterocycles. The van der Waals surface area contributed by atoms with Crippen LogP contribution in [-0.4, -0.2) is 25.1 Å². The second kappa shape index (κ2) is 20.5. The van der Waals surface area contributed by atoms with Gasteiger partial charge in [0, 0.05) is 25.7 Å². The van der Waals surface area contributed by atoms with Gasteiger partial charge in [-0.05, 0) is 45.3 Å². The smallest absolute Gasteiger partial charge is 0.155 e. The predicted octanol–water partition coefficient (Wildman–Crippen LogP) is 6.96.